The summed E-state index contributed by atoms with van der Waals surface area (Å²) in [5.74, 6) is 1.08. The summed E-state index contributed by atoms with van der Waals surface area (Å²) in [5, 5.41) is 0. The van der Waals surface area contributed by atoms with Crippen molar-refractivity contribution in [3.63, 3.8) is 0 Å². The standard InChI is InChI=1S/C13H18N4/c1-2-5-13-16-8-9-17(13)12(10-14)11-6-3-4-7-15-11/h3-4,6-9,12H,2,5,10,14H2,1H3. The van der Waals surface area contributed by atoms with Crippen LogP contribution in [0, 0.1) is 0 Å². The molecule has 0 spiro atoms. The van der Waals surface area contributed by atoms with Crippen molar-refractivity contribution in [2.45, 2.75) is 25.8 Å². The van der Waals surface area contributed by atoms with Crippen LogP contribution in [0.15, 0.2) is 36.8 Å². The molecule has 90 valence electrons. The molecule has 0 aliphatic heterocycles. The number of nitrogens with two attached hydrogens (primary N) is 1. The average Bonchev–Trinajstić information content (AvgIpc) is 2.81. The second kappa shape index (κ2) is 5.59. The molecule has 0 aliphatic rings. The summed E-state index contributed by atoms with van der Waals surface area (Å²) in [7, 11) is 0. The molecule has 2 aromatic heterocycles. The molecule has 2 N–H and O–H groups in total. The highest BCUT2D eigenvalue weighted by Crippen LogP contribution is 2.17. The fourth-order valence-corrected chi connectivity index (χ4v) is 1.99. The van der Waals surface area contributed by atoms with Gasteiger partial charge in [-0.3, -0.25) is 4.98 Å². The SMILES string of the molecule is CCCc1nccn1C(CN)c1ccccn1. The van der Waals surface area contributed by atoms with Crippen molar-refractivity contribution in [3.8, 4) is 0 Å². The predicted molar refractivity (Wildman–Crippen MR) is 67.7 cm³/mol. The molecule has 2 aromatic rings. The van der Waals surface area contributed by atoms with E-state index in [0.717, 1.165) is 24.4 Å². The van der Waals surface area contributed by atoms with Gasteiger partial charge in [-0.1, -0.05) is 13.0 Å². The van der Waals surface area contributed by atoms with Crippen LogP contribution in [0.3, 0.4) is 0 Å². The number of hydrogen-bond acceptors (Lipinski definition) is 3. The van der Waals surface area contributed by atoms with Crippen LogP contribution >= 0.6 is 0 Å². The Balaban J connectivity index is 2.32. The minimum atomic E-state index is 0.0836. The summed E-state index contributed by atoms with van der Waals surface area (Å²) in [4.78, 5) is 8.76. The topological polar surface area (TPSA) is 56.7 Å². The van der Waals surface area contributed by atoms with Gasteiger partial charge in [0.15, 0.2) is 0 Å². The zero-order chi connectivity index (χ0) is 12.1. The summed E-state index contributed by atoms with van der Waals surface area (Å²) < 4.78 is 2.13. The number of pyridine rings is 1. The quantitative estimate of drug-likeness (QED) is 0.851. The maximum absolute atomic E-state index is 5.87. The zero-order valence-electron chi connectivity index (χ0n) is 10.1. The minimum absolute atomic E-state index is 0.0836. The smallest absolute Gasteiger partial charge is 0.109 e. The van der Waals surface area contributed by atoms with Crippen LogP contribution < -0.4 is 5.73 Å². The first-order valence-corrected chi connectivity index (χ1v) is 5.99. The summed E-state index contributed by atoms with van der Waals surface area (Å²) in [6, 6.07) is 5.99. The molecule has 2 heterocycles. The highest BCUT2D eigenvalue weighted by Gasteiger charge is 2.15. The van der Waals surface area contributed by atoms with Gasteiger partial charge in [-0.15, -0.1) is 0 Å². The fourth-order valence-electron chi connectivity index (χ4n) is 1.99. The van der Waals surface area contributed by atoms with E-state index in [1.54, 1.807) is 6.20 Å². The molecule has 1 atom stereocenters. The average molecular weight is 230 g/mol. The molecular formula is C13H18N4. The van der Waals surface area contributed by atoms with Gasteiger partial charge in [-0.05, 0) is 18.6 Å². The third-order valence-corrected chi connectivity index (χ3v) is 2.81. The first kappa shape index (κ1) is 11.8. The maximum Gasteiger partial charge on any atom is 0.109 e. The van der Waals surface area contributed by atoms with E-state index in [1.165, 1.54) is 0 Å². The predicted octanol–water partition coefficient (Wildman–Crippen LogP) is 1.78. The van der Waals surface area contributed by atoms with Gasteiger partial charge in [0.05, 0.1) is 11.7 Å². The van der Waals surface area contributed by atoms with Gasteiger partial charge in [-0.25, -0.2) is 4.98 Å². The fraction of sp³-hybridized carbons (Fsp3) is 0.385. The Morgan fingerprint density at radius 2 is 2.18 bits per heavy atom. The molecule has 0 aliphatic carbocycles. The third kappa shape index (κ3) is 2.53. The first-order valence-electron chi connectivity index (χ1n) is 5.99. The molecule has 0 saturated carbocycles. The number of hydrogen-bond donors (Lipinski definition) is 1. The van der Waals surface area contributed by atoms with Crippen molar-refractivity contribution >= 4 is 0 Å². The summed E-state index contributed by atoms with van der Waals surface area (Å²) in [6.45, 7) is 2.68. The molecule has 2 rings (SSSR count). The van der Waals surface area contributed by atoms with Crippen molar-refractivity contribution in [1.29, 1.82) is 0 Å². The van der Waals surface area contributed by atoms with Crippen LogP contribution in [0.2, 0.25) is 0 Å². The van der Waals surface area contributed by atoms with Gasteiger partial charge < -0.3 is 10.3 Å². The molecule has 4 nitrogen and oxygen atoms in total. The van der Waals surface area contributed by atoms with Crippen molar-refractivity contribution in [3.05, 3.63) is 48.3 Å². The number of aryl methyl sites for hydroxylation is 1. The molecule has 0 bridgehead atoms. The molecule has 0 amide bonds. The highest BCUT2D eigenvalue weighted by molar-refractivity contribution is 5.13. The normalized spacial score (nSPS) is 12.6. The van der Waals surface area contributed by atoms with Crippen molar-refractivity contribution < 1.29 is 0 Å². The van der Waals surface area contributed by atoms with Crippen molar-refractivity contribution in [2.75, 3.05) is 6.54 Å². The van der Waals surface area contributed by atoms with E-state index in [2.05, 4.69) is 21.5 Å². The minimum Gasteiger partial charge on any atom is -0.328 e. The Labute approximate surface area is 102 Å². The largest absolute Gasteiger partial charge is 0.328 e. The van der Waals surface area contributed by atoms with Crippen LogP contribution in [0.4, 0.5) is 0 Å². The number of rotatable bonds is 5. The molecule has 0 fully saturated rings. The number of imidazole rings is 1. The highest BCUT2D eigenvalue weighted by atomic mass is 15.1. The number of aromatic nitrogens is 3. The van der Waals surface area contributed by atoms with Gasteiger partial charge in [0.1, 0.15) is 5.82 Å². The van der Waals surface area contributed by atoms with E-state index in [9.17, 15) is 0 Å². The maximum atomic E-state index is 5.87. The van der Waals surface area contributed by atoms with Gasteiger partial charge in [0.25, 0.3) is 0 Å². The van der Waals surface area contributed by atoms with E-state index in [0.29, 0.717) is 6.54 Å². The Hall–Kier alpha value is -1.68. The third-order valence-electron chi connectivity index (χ3n) is 2.81. The van der Waals surface area contributed by atoms with E-state index in [4.69, 9.17) is 5.73 Å². The Morgan fingerprint density at radius 3 is 2.82 bits per heavy atom. The summed E-state index contributed by atoms with van der Waals surface area (Å²) in [5.41, 5.74) is 6.86. The number of nitrogens with zero attached hydrogens (tertiary/aromatic N) is 3. The van der Waals surface area contributed by atoms with Gasteiger partial charge in [0.2, 0.25) is 0 Å². The zero-order valence-corrected chi connectivity index (χ0v) is 10.1. The van der Waals surface area contributed by atoms with Gasteiger partial charge in [-0.2, -0.15) is 0 Å². The van der Waals surface area contributed by atoms with Crippen molar-refractivity contribution in [1.82, 2.24) is 14.5 Å². The van der Waals surface area contributed by atoms with E-state index in [-0.39, 0.29) is 6.04 Å². The molecule has 0 saturated heterocycles. The Kier molecular flexibility index (Phi) is 3.88. The van der Waals surface area contributed by atoms with Crippen LogP contribution in [-0.2, 0) is 6.42 Å². The van der Waals surface area contributed by atoms with Gasteiger partial charge in [0, 0.05) is 31.6 Å². The lowest BCUT2D eigenvalue weighted by atomic mass is 10.1. The first-order chi connectivity index (χ1) is 8.36. The Bertz CT molecular complexity index is 449. The Morgan fingerprint density at radius 1 is 1.29 bits per heavy atom. The van der Waals surface area contributed by atoms with Gasteiger partial charge >= 0.3 is 0 Å². The molecular weight excluding hydrogens is 212 g/mol. The van der Waals surface area contributed by atoms with E-state index < -0.39 is 0 Å². The summed E-state index contributed by atoms with van der Waals surface area (Å²) in [6.07, 6.45) is 7.66. The lowest BCUT2D eigenvalue weighted by Crippen LogP contribution is -2.22. The molecule has 0 aromatic carbocycles. The van der Waals surface area contributed by atoms with Crippen LogP contribution in [0.1, 0.15) is 30.9 Å². The molecule has 17 heavy (non-hydrogen) atoms. The lowest BCUT2D eigenvalue weighted by molar-refractivity contribution is 0.549. The van der Waals surface area contributed by atoms with Crippen molar-refractivity contribution in [2.24, 2.45) is 5.73 Å². The second-order valence-corrected chi connectivity index (χ2v) is 4.01. The monoisotopic (exact) mass is 230 g/mol. The van der Waals surface area contributed by atoms with Crippen LogP contribution in [-0.4, -0.2) is 21.1 Å². The molecule has 1 unspecified atom stereocenters. The molecule has 4 heteroatoms. The lowest BCUT2D eigenvalue weighted by Gasteiger charge is -2.18. The van der Waals surface area contributed by atoms with Crippen LogP contribution in [0.5, 0.6) is 0 Å². The van der Waals surface area contributed by atoms with E-state index >= 15 is 0 Å². The summed E-state index contributed by atoms with van der Waals surface area (Å²) >= 11 is 0. The van der Waals surface area contributed by atoms with E-state index in [1.807, 2.05) is 30.6 Å². The van der Waals surface area contributed by atoms with Crippen LogP contribution in [0.25, 0.3) is 0 Å². The second-order valence-electron chi connectivity index (χ2n) is 4.01. The molecule has 0 radical (unpaired) electrons.